The molecule has 0 unspecified atom stereocenters. The molecule has 10 nitrogen and oxygen atoms in total. The predicted molar refractivity (Wildman–Crippen MR) is 140 cm³/mol. The molecule has 2 amide bonds. The molecule has 4 N–H and O–H groups in total. The first kappa shape index (κ1) is 27.2. The van der Waals surface area contributed by atoms with Crippen LogP contribution in [0, 0.1) is 0 Å². The van der Waals surface area contributed by atoms with E-state index in [9.17, 15) is 9.59 Å². The average molecular weight is 510 g/mol. The highest BCUT2D eigenvalue weighted by Crippen LogP contribution is 2.54. The molecule has 0 spiro atoms. The Balaban J connectivity index is 2.31. The van der Waals surface area contributed by atoms with E-state index >= 15 is 0 Å². The zero-order valence-corrected chi connectivity index (χ0v) is 21.5. The standard InChI is InChI=1S/C27H31N3O7/c1-33-21-20(22(34-2)24(36-4)25(37-5)23(21)35-3)27(32)30(18-10-6-16(7-11-18)14-15-28)19-12-8-17(9-13-19)26(29)31/h6-13H,14-15,28H2,1-5H3,(H2,29,31). The van der Waals surface area contributed by atoms with Gasteiger partial charge in [0.15, 0.2) is 11.5 Å². The quantitative estimate of drug-likeness (QED) is 0.402. The molecule has 0 aliphatic rings. The van der Waals surface area contributed by atoms with E-state index in [0.717, 1.165) is 5.56 Å². The second-order valence-electron chi connectivity index (χ2n) is 7.80. The first-order chi connectivity index (χ1) is 17.9. The summed E-state index contributed by atoms with van der Waals surface area (Å²) in [6, 6.07) is 13.7. The number of carbonyl (C=O) groups excluding carboxylic acids is 2. The second kappa shape index (κ2) is 12.0. The maximum absolute atomic E-state index is 14.4. The van der Waals surface area contributed by atoms with Gasteiger partial charge in [-0.25, -0.2) is 0 Å². The Labute approximate surface area is 215 Å². The number of nitrogens with zero attached hydrogens (tertiary/aromatic N) is 1. The van der Waals surface area contributed by atoms with Crippen LogP contribution < -0.4 is 40.1 Å². The van der Waals surface area contributed by atoms with Crippen LogP contribution in [0.5, 0.6) is 28.7 Å². The van der Waals surface area contributed by atoms with Gasteiger partial charge in [0, 0.05) is 16.9 Å². The maximum Gasteiger partial charge on any atom is 0.270 e. The molecule has 3 rings (SSSR count). The van der Waals surface area contributed by atoms with Crippen LogP contribution >= 0.6 is 0 Å². The van der Waals surface area contributed by atoms with Crippen LogP contribution in [0.1, 0.15) is 26.3 Å². The molecule has 0 fully saturated rings. The lowest BCUT2D eigenvalue weighted by molar-refractivity contribution is 0.0987. The number of hydrogen-bond donors (Lipinski definition) is 2. The van der Waals surface area contributed by atoms with Gasteiger partial charge in [-0.2, -0.15) is 0 Å². The van der Waals surface area contributed by atoms with Gasteiger partial charge in [-0.3, -0.25) is 14.5 Å². The van der Waals surface area contributed by atoms with E-state index in [1.54, 1.807) is 24.3 Å². The molecule has 3 aromatic rings. The van der Waals surface area contributed by atoms with E-state index in [2.05, 4.69) is 0 Å². The van der Waals surface area contributed by atoms with Crippen LogP contribution in [0.2, 0.25) is 0 Å². The molecule has 0 saturated heterocycles. The molecule has 37 heavy (non-hydrogen) atoms. The molecule has 0 atom stereocenters. The number of methoxy groups -OCH3 is 5. The van der Waals surface area contributed by atoms with Crippen molar-refractivity contribution in [3.63, 3.8) is 0 Å². The third-order valence-electron chi connectivity index (χ3n) is 5.75. The summed E-state index contributed by atoms with van der Waals surface area (Å²) in [5, 5.41) is 0. The SMILES string of the molecule is COc1c(OC)c(OC)c(C(=O)N(c2ccc(CCN)cc2)c2ccc(C(N)=O)cc2)c(OC)c1OC. The number of anilines is 2. The van der Waals surface area contributed by atoms with Gasteiger partial charge in [-0.15, -0.1) is 0 Å². The summed E-state index contributed by atoms with van der Waals surface area (Å²) in [6.45, 7) is 0.496. The Morgan fingerprint density at radius 3 is 1.46 bits per heavy atom. The van der Waals surface area contributed by atoms with Crippen LogP contribution in [-0.4, -0.2) is 53.9 Å². The molecular weight excluding hydrogens is 478 g/mol. The van der Waals surface area contributed by atoms with Crippen molar-refractivity contribution in [3.05, 3.63) is 65.2 Å². The summed E-state index contributed by atoms with van der Waals surface area (Å²) in [7, 11) is 7.12. The number of carbonyl (C=O) groups is 2. The highest BCUT2D eigenvalue weighted by Gasteiger charge is 2.35. The van der Waals surface area contributed by atoms with Gasteiger partial charge >= 0.3 is 0 Å². The van der Waals surface area contributed by atoms with Gasteiger partial charge in [-0.05, 0) is 54.9 Å². The van der Waals surface area contributed by atoms with Crippen molar-refractivity contribution in [1.82, 2.24) is 0 Å². The molecule has 0 saturated carbocycles. The first-order valence-electron chi connectivity index (χ1n) is 11.3. The van der Waals surface area contributed by atoms with Crippen molar-refractivity contribution in [2.24, 2.45) is 11.5 Å². The third-order valence-corrected chi connectivity index (χ3v) is 5.75. The van der Waals surface area contributed by atoms with Crippen LogP contribution in [0.15, 0.2) is 48.5 Å². The van der Waals surface area contributed by atoms with Crippen molar-refractivity contribution >= 4 is 23.2 Å². The Morgan fingerprint density at radius 1 is 0.676 bits per heavy atom. The molecule has 0 aliphatic carbocycles. The van der Waals surface area contributed by atoms with Gasteiger partial charge < -0.3 is 35.2 Å². The van der Waals surface area contributed by atoms with E-state index < -0.39 is 11.8 Å². The summed E-state index contributed by atoms with van der Waals surface area (Å²) >= 11 is 0. The van der Waals surface area contributed by atoms with Gasteiger partial charge in [0.2, 0.25) is 23.2 Å². The maximum atomic E-state index is 14.4. The number of nitrogens with two attached hydrogens (primary N) is 2. The molecule has 196 valence electrons. The third kappa shape index (κ3) is 5.24. The normalized spacial score (nSPS) is 10.4. The number of rotatable bonds is 11. The van der Waals surface area contributed by atoms with Crippen LogP contribution in [0.3, 0.4) is 0 Å². The van der Waals surface area contributed by atoms with Crippen molar-refractivity contribution in [2.45, 2.75) is 6.42 Å². The summed E-state index contributed by atoms with van der Waals surface area (Å²) < 4.78 is 27.9. The Kier molecular flexibility index (Phi) is 8.81. The first-order valence-corrected chi connectivity index (χ1v) is 11.3. The van der Waals surface area contributed by atoms with E-state index in [1.165, 1.54) is 40.4 Å². The van der Waals surface area contributed by atoms with Gasteiger partial charge in [0.1, 0.15) is 5.56 Å². The van der Waals surface area contributed by atoms with E-state index in [0.29, 0.717) is 29.9 Å². The van der Waals surface area contributed by atoms with Crippen molar-refractivity contribution in [1.29, 1.82) is 0 Å². The summed E-state index contributed by atoms with van der Waals surface area (Å²) in [5.41, 5.74) is 13.5. The number of ether oxygens (including phenoxy) is 5. The van der Waals surface area contributed by atoms with Crippen LogP contribution in [0.4, 0.5) is 11.4 Å². The second-order valence-corrected chi connectivity index (χ2v) is 7.80. The fourth-order valence-electron chi connectivity index (χ4n) is 4.03. The van der Waals surface area contributed by atoms with E-state index in [-0.39, 0.29) is 34.3 Å². The van der Waals surface area contributed by atoms with Crippen molar-refractivity contribution in [2.75, 3.05) is 47.0 Å². The largest absolute Gasteiger partial charge is 0.492 e. The fraction of sp³-hybridized carbons (Fsp3) is 0.259. The monoisotopic (exact) mass is 509 g/mol. The molecule has 3 aromatic carbocycles. The zero-order valence-electron chi connectivity index (χ0n) is 21.5. The zero-order chi connectivity index (χ0) is 27.1. The highest BCUT2D eigenvalue weighted by molar-refractivity contribution is 6.15. The van der Waals surface area contributed by atoms with E-state index in [4.69, 9.17) is 35.2 Å². The summed E-state index contributed by atoms with van der Waals surface area (Å²) in [6.07, 6.45) is 0.691. The molecule has 0 radical (unpaired) electrons. The number of benzene rings is 3. The van der Waals surface area contributed by atoms with E-state index in [1.807, 2.05) is 24.3 Å². The summed E-state index contributed by atoms with van der Waals surface area (Å²) in [4.78, 5) is 27.5. The minimum Gasteiger partial charge on any atom is -0.492 e. The smallest absolute Gasteiger partial charge is 0.270 e. The highest BCUT2D eigenvalue weighted by atomic mass is 16.6. The van der Waals surface area contributed by atoms with Crippen LogP contribution in [-0.2, 0) is 6.42 Å². The minimum absolute atomic E-state index is 0.0458. The Morgan fingerprint density at radius 2 is 1.08 bits per heavy atom. The number of primary amides is 1. The lowest BCUT2D eigenvalue weighted by Crippen LogP contribution is -2.27. The van der Waals surface area contributed by atoms with Crippen molar-refractivity contribution < 1.29 is 33.3 Å². The molecule has 0 aliphatic heterocycles. The van der Waals surface area contributed by atoms with Gasteiger partial charge in [-0.1, -0.05) is 12.1 Å². The van der Waals surface area contributed by atoms with Crippen LogP contribution in [0.25, 0.3) is 0 Å². The Bertz CT molecular complexity index is 1230. The molecular formula is C27H31N3O7. The minimum atomic E-state index is -0.580. The van der Waals surface area contributed by atoms with Crippen molar-refractivity contribution in [3.8, 4) is 28.7 Å². The number of amides is 2. The molecule has 10 heteroatoms. The summed E-state index contributed by atoms with van der Waals surface area (Å²) in [5.74, 6) is -0.365. The Hall–Kier alpha value is -4.44. The van der Waals surface area contributed by atoms with Gasteiger partial charge in [0.05, 0.1) is 35.5 Å². The molecule has 0 heterocycles. The molecule has 0 bridgehead atoms. The molecule has 0 aromatic heterocycles. The average Bonchev–Trinajstić information content (AvgIpc) is 2.92. The lowest BCUT2D eigenvalue weighted by atomic mass is 10.1. The fourth-order valence-corrected chi connectivity index (χ4v) is 4.03. The number of hydrogen-bond acceptors (Lipinski definition) is 8. The topological polar surface area (TPSA) is 136 Å². The predicted octanol–water partition coefficient (Wildman–Crippen LogP) is 3.31. The lowest BCUT2D eigenvalue weighted by Gasteiger charge is -2.27. The van der Waals surface area contributed by atoms with Gasteiger partial charge in [0.25, 0.3) is 5.91 Å².